The Balaban J connectivity index is 1.37. The standard InChI is InChI=1S/C20H24N4O2/c1-14-18-6-3-9-23(18)10-11-24(14)13-19(25)21-17-5-2-4-15(12-17)20(26)22-16-7-8-16/h2-6,9,12,14,16H,7-8,10-11,13H2,1H3,(H,21,25)(H,22,26). The van der Waals surface area contributed by atoms with Gasteiger partial charge >= 0.3 is 0 Å². The Morgan fingerprint density at radius 1 is 1.15 bits per heavy atom. The van der Waals surface area contributed by atoms with Gasteiger partial charge in [-0.25, -0.2) is 0 Å². The van der Waals surface area contributed by atoms with E-state index in [2.05, 4.69) is 39.3 Å². The minimum absolute atomic E-state index is 0.0587. The number of amides is 2. The van der Waals surface area contributed by atoms with E-state index in [-0.39, 0.29) is 17.9 Å². The fourth-order valence-corrected chi connectivity index (χ4v) is 3.46. The van der Waals surface area contributed by atoms with Crippen molar-refractivity contribution in [3.63, 3.8) is 0 Å². The second kappa shape index (κ2) is 6.96. The number of carbonyl (C=O) groups is 2. The predicted octanol–water partition coefficient (Wildman–Crippen LogP) is 2.40. The number of benzene rings is 1. The van der Waals surface area contributed by atoms with Crippen LogP contribution in [0.1, 0.15) is 41.9 Å². The summed E-state index contributed by atoms with van der Waals surface area (Å²) in [5, 5.41) is 5.89. The average Bonchev–Trinajstić information content (AvgIpc) is 3.30. The maximum Gasteiger partial charge on any atom is 0.251 e. The lowest BCUT2D eigenvalue weighted by molar-refractivity contribution is -0.118. The van der Waals surface area contributed by atoms with Crippen molar-refractivity contribution in [2.75, 3.05) is 18.4 Å². The van der Waals surface area contributed by atoms with Gasteiger partial charge < -0.3 is 15.2 Å². The fraction of sp³-hybridized carbons (Fsp3) is 0.400. The summed E-state index contributed by atoms with van der Waals surface area (Å²) in [6.45, 7) is 4.21. The molecule has 2 N–H and O–H groups in total. The number of rotatable bonds is 5. The summed E-state index contributed by atoms with van der Waals surface area (Å²) in [4.78, 5) is 26.8. The van der Waals surface area contributed by atoms with Crippen molar-refractivity contribution in [1.29, 1.82) is 0 Å². The number of nitrogens with one attached hydrogen (secondary N) is 2. The molecule has 1 aromatic carbocycles. The molecule has 1 aromatic heterocycles. The molecule has 26 heavy (non-hydrogen) atoms. The van der Waals surface area contributed by atoms with Gasteiger partial charge in [0.15, 0.2) is 0 Å². The molecule has 1 unspecified atom stereocenters. The van der Waals surface area contributed by atoms with E-state index < -0.39 is 0 Å². The highest BCUT2D eigenvalue weighted by molar-refractivity contribution is 5.97. The Hall–Kier alpha value is -2.60. The Labute approximate surface area is 153 Å². The van der Waals surface area contributed by atoms with E-state index in [0.717, 1.165) is 25.9 Å². The molecule has 2 amide bonds. The third kappa shape index (κ3) is 3.65. The zero-order valence-corrected chi connectivity index (χ0v) is 14.9. The summed E-state index contributed by atoms with van der Waals surface area (Å²) >= 11 is 0. The predicted molar refractivity (Wildman–Crippen MR) is 100.0 cm³/mol. The third-order valence-corrected chi connectivity index (χ3v) is 5.14. The van der Waals surface area contributed by atoms with Gasteiger partial charge in [0, 0.05) is 48.3 Å². The first kappa shape index (κ1) is 16.8. The number of fused-ring (bicyclic) bond motifs is 1. The molecule has 1 saturated carbocycles. The highest BCUT2D eigenvalue weighted by Gasteiger charge is 2.25. The monoisotopic (exact) mass is 352 g/mol. The van der Waals surface area contributed by atoms with E-state index in [4.69, 9.17) is 0 Å². The van der Waals surface area contributed by atoms with Crippen LogP contribution in [0.4, 0.5) is 5.69 Å². The molecule has 2 aromatic rings. The largest absolute Gasteiger partial charge is 0.349 e. The zero-order chi connectivity index (χ0) is 18.1. The van der Waals surface area contributed by atoms with Gasteiger partial charge in [0.1, 0.15) is 0 Å². The molecular weight excluding hydrogens is 328 g/mol. The van der Waals surface area contributed by atoms with E-state index >= 15 is 0 Å². The smallest absolute Gasteiger partial charge is 0.251 e. The summed E-state index contributed by atoms with van der Waals surface area (Å²) in [7, 11) is 0. The number of hydrogen-bond acceptors (Lipinski definition) is 3. The van der Waals surface area contributed by atoms with Crippen LogP contribution < -0.4 is 10.6 Å². The molecule has 4 rings (SSSR count). The number of nitrogens with zero attached hydrogens (tertiary/aromatic N) is 2. The van der Waals surface area contributed by atoms with E-state index in [1.54, 1.807) is 18.2 Å². The molecule has 2 aliphatic rings. The zero-order valence-electron chi connectivity index (χ0n) is 14.9. The van der Waals surface area contributed by atoms with Crippen molar-refractivity contribution in [3.05, 3.63) is 53.9 Å². The SMILES string of the molecule is CC1c2cccn2CCN1CC(=O)Nc1cccc(C(=O)NC2CC2)c1. The summed E-state index contributed by atoms with van der Waals surface area (Å²) < 4.78 is 2.24. The second-order valence-electron chi connectivity index (χ2n) is 7.15. The first-order valence-electron chi connectivity index (χ1n) is 9.20. The van der Waals surface area contributed by atoms with Gasteiger partial charge in [-0.3, -0.25) is 14.5 Å². The van der Waals surface area contributed by atoms with Crippen LogP contribution in [0.5, 0.6) is 0 Å². The van der Waals surface area contributed by atoms with Crippen molar-refractivity contribution >= 4 is 17.5 Å². The van der Waals surface area contributed by atoms with Gasteiger partial charge in [-0.1, -0.05) is 6.07 Å². The topological polar surface area (TPSA) is 66.4 Å². The van der Waals surface area contributed by atoms with Crippen molar-refractivity contribution in [2.45, 2.75) is 38.4 Å². The summed E-state index contributed by atoms with van der Waals surface area (Å²) in [6, 6.07) is 11.8. The minimum Gasteiger partial charge on any atom is -0.349 e. The molecule has 0 radical (unpaired) electrons. The molecule has 1 aliphatic heterocycles. The van der Waals surface area contributed by atoms with Crippen LogP contribution in [-0.4, -0.2) is 40.4 Å². The molecule has 6 heteroatoms. The van der Waals surface area contributed by atoms with E-state index in [9.17, 15) is 9.59 Å². The Morgan fingerprint density at radius 3 is 2.81 bits per heavy atom. The van der Waals surface area contributed by atoms with Crippen molar-refractivity contribution in [3.8, 4) is 0 Å². The highest BCUT2D eigenvalue weighted by Crippen LogP contribution is 2.25. The molecule has 136 valence electrons. The van der Waals surface area contributed by atoms with Gasteiger partial charge in [-0.2, -0.15) is 0 Å². The Morgan fingerprint density at radius 2 is 2.00 bits per heavy atom. The maximum atomic E-state index is 12.5. The summed E-state index contributed by atoms with van der Waals surface area (Å²) in [5.41, 5.74) is 2.48. The molecule has 0 bridgehead atoms. The van der Waals surface area contributed by atoms with Crippen molar-refractivity contribution in [1.82, 2.24) is 14.8 Å². The van der Waals surface area contributed by atoms with Crippen LogP contribution in [0.15, 0.2) is 42.6 Å². The molecule has 0 spiro atoms. The number of carbonyl (C=O) groups excluding carboxylic acids is 2. The van der Waals surface area contributed by atoms with E-state index in [0.29, 0.717) is 23.8 Å². The van der Waals surface area contributed by atoms with Gasteiger partial charge in [0.2, 0.25) is 5.91 Å². The fourth-order valence-electron chi connectivity index (χ4n) is 3.46. The lowest BCUT2D eigenvalue weighted by atomic mass is 10.1. The van der Waals surface area contributed by atoms with Crippen molar-refractivity contribution < 1.29 is 9.59 Å². The van der Waals surface area contributed by atoms with Crippen LogP contribution in [0.2, 0.25) is 0 Å². The molecule has 1 fully saturated rings. The minimum atomic E-state index is -0.0750. The van der Waals surface area contributed by atoms with Crippen molar-refractivity contribution in [2.24, 2.45) is 0 Å². The number of hydrogen-bond donors (Lipinski definition) is 2. The highest BCUT2D eigenvalue weighted by atomic mass is 16.2. The van der Waals surface area contributed by atoms with Gasteiger partial charge in [0.25, 0.3) is 5.91 Å². The lowest BCUT2D eigenvalue weighted by Crippen LogP contribution is -2.41. The Bertz CT molecular complexity index is 825. The van der Waals surface area contributed by atoms with Crippen LogP contribution >= 0.6 is 0 Å². The van der Waals surface area contributed by atoms with Gasteiger partial charge in [-0.05, 0) is 50.1 Å². The molecule has 0 saturated heterocycles. The summed E-state index contributed by atoms with van der Waals surface area (Å²) in [6.07, 6.45) is 4.20. The second-order valence-corrected chi connectivity index (χ2v) is 7.15. The van der Waals surface area contributed by atoms with Crippen LogP contribution in [0.3, 0.4) is 0 Å². The molecular formula is C20H24N4O2. The first-order valence-corrected chi connectivity index (χ1v) is 9.20. The van der Waals surface area contributed by atoms with Gasteiger partial charge in [-0.15, -0.1) is 0 Å². The van der Waals surface area contributed by atoms with Crippen LogP contribution in [-0.2, 0) is 11.3 Å². The number of aromatic nitrogens is 1. The average molecular weight is 352 g/mol. The van der Waals surface area contributed by atoms with Crippen LogP contribution in [0.25, 0.3) is 0 Å². The van der Waals surface area contributed by atoms with E-state index in [1.165, 1.54) is 5.69 Å². The summed E-state index contributed by atoms with van der Waals surface area (Å²) in [5.74, 6) is -0.134. The number of anilines is 1. The normalized spacial score (nSPS) is 19.7. The maximum absolute atomic E-state index is 12.5. The third-order valence-electron chi connectivity index (χ3n) is 5.14. The van der Waals surface area contributed by atoms with E-state index in [1.807, 2.05) is 12.1 Å². The molecule has 1 atom stereocenters. The lowest BCUT2D eigenvalue weighted by Gasteiger charge is -2.34. The molecule has 1 aliphatic carbocycles. The molecule has 6 nitrogen and oxygen atoms in total. The first-order chi connectivity index (χ1) is 12.6. The molecule has 2 heterocycles. The quantitative estimate of drug-likeness (QED) is 0.868. The Kier molecular flexibility index (Phi) is 4.51. The van der Waals surface area contributed by atoms with Gasteiger partial charge in [0.05, 0.1) is 6.54 Å². The van der Waals surface area contributed by atoms with Crippen LogP contribution in [0, 0.1) is 0 Å².